The summed E-state index contributed by atoms with van der Waals surface area (Å²) in [5.41, 5.74) is 7.91. The highest BCUT2D eigenvalue weighted by molar-refractivity contribution is 5.73. The van der Waals surface area contributed by atoms with Crippen LogP contribution in [-0.4, -0.2) is 5.16 Å². The molecule has 0 saturated heterocycles. The van der Waals surface area contributed by atoms with E-state index in [4.69, 9.17) is 10.3 Å². The van der Waals surface area contributed by atoms with E-state index in [1.807, 2.05) is 0 Å². The molecule has 5 heteroatoms. The molecule has 1 heterocycles. The number of nitrogens with zero attached hydrogens (tertiary/aromatic N) is 2. The Bertz CT molecular complexity index is 505. The highest BCUT2D eigenvalue weighted by Gasteiger charge is 2.11. The Balaban J connectivity index is 2.53. The third-order valence-corrected chi connectivity index (χ3v) is 2.12. The minimum absolute atomic E-state index is 0.334. The SMILES string of the molecule is Cc1noc(-c2cccc(N=O)c2)c1N. The number of hydrogen-bond acceptors (Lipinski definition) is 5. The van der Waals surface area contributed by atoms with E-state index in [1.165, 1.54) is 0 Å². The van der Waals surface area contributed by atoms with E-state index in [9.17, 15) is 4.91 Å². The summed E-state index contributed by atoms with van der Waals surface area (Å²) in [5.74, 6) is 0.470. The molecule has 76 valence electrons. The second-order valence-corrected chi connectivity index (χ2v) is 3.15. The van der Waals surface area contributed by atoms with Crippen molar-refractivity contribution in [3.63, 3.8) is 0 Å². The molecule has 0 bridgehead atoms. The first-order valence-corrected chi connectivity index (χ1v) is 4.38. The molecule has 2 N–H and O–H groups in total. The van der Waals surface area contributed by atoms with Crippen molar-refractivity contribution in [3.05, 3.63) is 34.9 Å². The van der Waals surface area contributed by atoms with Gasteiger partial charge in [-0.3, -0.25) is 0 Å². The zero-order valence-corrected chi connectivity index (χ0v) is 8.10. The molecular formula is C10H9N3O2. The van der Waals surface area contributed by atoms with Gasteiger partial charge >= 0.3 is 0 Å². The van der Waals surface area contributed by atoms with Crippen molar-refractivity contribution < 1.29 is 4.52 Å². The number of benzene rings is 1. The van der Waals surface area contributed by atoms with E-state index in [1.54, 1.807) is 31.2 Å². The lowest BCUT2D eigenvalue weighted by Crippen LogP contribution is -1.87. The summed E-state index contributed by atoms with van der Waals surface area (Å²) >= 11 is 0. The van der Waals surface area contributed by atoms with Crippen molar-refractivity contribution >= 4 is 11.4 Å². The summed E-state index contributed by atoms with van der Waals surface area (Å²) < 4.78 is 5.06. The van der Waals surface area contributed by atoms with Gasteiger partial charge in [-0.05, 0) is 24.2 Å². The molecule has 0 saturated carbocycles. The van der Waals surface area contributed by atoms with Gasteiger partial charge in [-0.2, -0.15) is 0 Å². The Kier molecular flexibility index (Phi) is 2.21. The zero-order chi connectivity index (χ0) is 10.8. The largest absolute Gasteiger partial charge is 0.394 e. The third-order valence-electron chi connectivity index (χ3n) is 2.12. The van der Waals surface area contributed by atoms with Crippen molar-refractivity contribution in [2.45, 2.75) is 6.92 Å². The summed E-state index contributed by atoms with van der Waals surface area (Å²) in [5, 5.41) is 6.58. The highest BCUT2D eigenvalue weighted by Crippen LogP contribution is 2.30. The average molecular weight is 203 g/mol. The monoisotopic (exact) mass is 203 g/mol. The lowest BCUT2D eigenvalue weighted by molar-refractivity contribution is 0.427. The molecule has 0 fully saturated rings. The lowest BCUT2D eigenvalue weighted by Gasteiger charge is -1.97. The van der Waals surface area contributed by atoms with Crippen molar-refractivity contribution in [1.82, 2.24) is 5.16 Å². The lowest BCUT2D eigenvalue weighted by atomic mass is 10.1. The molecule has 0 aliphatic rings. The molecule has 0 atom stereocenters. The molecule has 0 amide bonds. The van der Waals surface area contributed by atoms with Gasteiger partial charge in [0, 0.05) is 5.56 Å². The number of rotatable bonds is 2. The number of nitroso groups, excluding NO2 is 1. The van der Waals surface area contributed by atoms with Crippen molar-refractivity contribution in [2.24, 2.45) is 5.18 Å². The van der Waals surface area contributed by atoms with E-state index < -0.39 is 0 Å². The summed E-state index contributed by atoms with van der Waals surface area (Å²) in [6.07, 6.45) is 0. The van der Waals surface area contributed by atoms with Crippen LogP contribution in [0, 0.1) is 11.8 Å². The summed E-state index contributed by atoms with van der Waals surface area (Å²) in [7, 11) is 0. The van der Waals surface area contributed by atoms with Gasteiger partial charge < -0.3 is 10.3 Å². The van der Waals surface area contributed by atoms with Crippen molar-refractivity contribution in [3.8, 4) is 11.3 Å². The Morgan fingerprint density at radius 3 is 2.87 bits per heavy atom. The first kappa shape index (κ1) is 9.39. The summed E-state index contributed by atoms with van der Waals surface area (Å²) in [4.78, 5) is 10.4. The Hall–Kier alpha value is -2.17. The van der Waals surface area contributed by atoms with Crippen LogP contribution in [0.5, 0.6) is 0 Å². The van der Waals surface area contributed by atoms with Crippen LogP contribution >= 0.6 is 0 Å². The Morgan fingerprint density at radius 1 is 1.47 bits per heavy atom. The van der Waals surface area contributed by atoms with Gasteiger partial charge in [0.2, 0.25) is 0 Å². The number of aromatic nitrogens is 1. The predicted octanol–water partition coefficient (Wildman–Crippen LogP) is 2.63. The standard InChI is InChI=1S/C10H9N3O2/c1-6-9(11)10(15-13-6)7-3-2-4-8(5-7)12-14/h2-5H,11H2,1H3. The molecule has 0 radical (unpaired) electrons. The van der Waals surface area contributed by atoms with Crippen LogP contribution in [0.15, 0.2) is 34.0 Å². The van der Waals surface area contributed by atoms with Crippen LogP contribution in [0.3, 0.4) is 0 Å². The Morgan fingerprint density at radius 2 is 2.27 bits per heavy atom. The van der Waals surface area contributed by atoms with Gasteiger partial charge in [0.25, 0.3) is 0 Å². The van der Waals surface area contributed by atoms with Crippen LogP contribution in [0.25, 0.3) is 11.3 Å². The third kappa shape index (κ3) is 1.59. The van der Waals surface area contributed by atoms with E-state index in [0.29, 0.717) is 28.4 Å². The van der Waals surface area contributed by atoms with Crippen LogP contribution < -0.4 is 5.73 Å². The van der Waals surface area contributed by atoms with Crippen LogP contribution in [0.4, 0.5) is 11.4 Å². The molecule has 0 unspecified atom stereocenters. The maximum Gasteiger partial charge on any atom is 0.190 e. The minimum Gasteiger partial charge on any atom is -0.394 e. The van der Waals surface area contributed by atoms with Crippen molar-refractivity contribution in [1.29, 1.82) is 0 Å². The fourth-order valence-electron chi connectivity index (χ4n) is 1.29. The molecule has 0 aliphatic heterocycles. The van der Waals surface area contributed by atoms with Crippen LogP contribution in [0.1, 0.15) is 5.69 Å². The van der Waals surface area contributed by atoms with Gasteiger partial charge in [0.1, 0.15) is 17.1 Å². The van der Waals surface area contributed by atoms with E-state index in [0.717, 1.165) is 0 Å². The molecule has 0 spiro atoms. The van der Waals surface area contributed by atoms with E-state index in [-0.39, 0.29) is 0 Å². The topological polar surface area (TPSA) is 81.5 Å². The van der Waals surface area contributed by atoms with E-state index in [2.05, 4.69) is 10.3 Å². The van der Waals surface area contributed by atoms with Gasteiger partial charge in [-0.1, -0.05) is 17.3 Å². The first-order valence-electron chi connectivity index (χ1n) is 4.38. The van der Waals surface area contributed by atoms with Crippen LogP contribution in [0.2, 0.25) is 0 Å². The second kappa shape index (κ2) is 3.53. The minimum atomic E-state index is 0.334. The summed E-state index contributed by atoms with van der Waals surface area (Å²) in [6.45, 7) is 1.75. The molecular weight excluding hydrogens is 194 g/mol. The fourth-order valence-corrected chi connectivity index (χ4v) is 1.29. The fraction of sp³-hybridized carbons (Fsp3) is 0.100. The van der Waals surface area contributed by atoms with Crippen molar-refractivity contribution in [2.75, 3.05) is 5.73 Å². The number of anilines is 1. The van der Waals surface area contributed by atoms with Gasteiger partial charge in [-0.25, -0.2) is 0 Å². The first-order chi connectivity index (χ1) is 7.22. The van der Waals surface area contributed by atoms with Gasteiger partial charge in [-0.15, -0.1) is 4.91 Å². The molecule has 15 heavy (non-hydrogen) atoms. The maximum atomic E-state index is 10.4. The molecule has 5 nitrogen and oxygen atoms in total. The average Bonchev–Trinajstić information content (AvgIpc) is 2.60. The normalized spacial score (nSPS) is 10.2. The van der Waals surface area contributed by atoms with Gasteiger partial charge in [0.05, 0.1) is 0 Å². The quantitative estimate of drug-likeness (QED) is 0.760. The smallest absolute Gasteiger partial charge is 0.190 e. The molecule has 0 aliphatic carbocycles. The molecule has 1 aromatic heterocycles. The second-order valence-electron chi connectivity index (χ2n) is 3.15. The zero-order valence-electron chi connectivity index (χ0n) is 8.10. The van der Waals surface area contributed by atoms with E-state index >= 15 is 0 Å². The number of hydrogen-bond donors (Lipinski definition) is 1. The summed E-state index contributed by atoms with van der Waals surface area (Å²) in [6, 6.07) is 6.70. The van der Waals surface area contributed by atoms with Crippen LogP contribution in [-0.2, 0) is 0 Å². The molecule has 2 rings (SSSR count). The van der Waals surface area contributed by atoms with Gasteiger partial charge in [0.15, 0.2) is 5.76 Å². The maximum absolute atomic E-state index is 10.4. The predicted molar refractivity (Wildman–Crippen MR) is 56.5 cm³/mol. The number of nitrogen functional groups attached to an aromatic ring is 1. The molecule has 1 aromatic carbocycles. The molecule has 2 aromatic rings. The Labute approximate surface area is 85.9 Å². The number of nitrogens with two attached hydrogens (primary N) is 1. The highest BCUT2D eigenvalue weighted by atomic mass is 16.5. The number of aryl methyl sites for hydroxylation is 1.